The standard InChI is InChI=1S/C12H21F3N2O2/c1-8(10-3-5-19-6-4-10)17-9(2)11(18)16-7-12(13,14)15/h8-10,17H,3-7H2,1-2H3,(H,16,18). The van der Waals surface area contributed by atoms with Gasteiger partial charge in [0.15, 0.2) is 0 Å². The molecule has 1 heterocycles. The van der Waals surface area contributed by atoms with Gasteiger partial charge in [-0.25, -0.2) is 0 Å². The number of hydrogen-bond acceptors (Lipinski definition) is 3. The van der Waals surface area contributed by atoms with Crippen molar-refractivity contribution in [2.45, 2.75) is 44.9 Å². The lowest BCUT2D eigenvalue weighted by Gasteiger charge is -2.30. The van der Waals surface area contributed by atoms with Gasteiger partial charge in [0.1, 0.15) is 6.54 Å². The molecule has 0 saturated carbocycles. The largest absolute Gasteiger partial charge is 0.405 e. The maximum Gasteiger partial charge on any atom is 0.405 e. The molecular weight excluding hydrogens is 261 g/mol. The normalized spacial score (nSPS) is 20.9. The van der Waals surface area contributed by atoms with Crippen molar-refractivity contribution in [3.63, 3.8) is 0 Å². The summed E-state index contributed by atoms with van der Waals surface area (Å²) in [6.45, 7) is 3.63. The molecule has 2 N–H and O–H groups in total. The Morgan fingerprint density at radius 1 is 1.32 bits per heavy atom. The Morgan fingerprint density at radius 3 is 2.42 bits per heavy atom. The van der Waals surface area contributed by atoms with E-state index in [1.54, 1.807) is 6.92 Å². The van der Waals surface area contributed by atoms with E-state index in [9.17, 15) is 18.0 Å². The van der Waals surface area contributed by atoms with Crippen molar-refractivity contribution < 1.29 is 22.7 Å². The van der Waals surface area contributed by atoms with Gasteiger partial charge in [-0.05, 0) is 32.6 Å². The fraction of sp³-hybridized carbons (Fsp3) is 0.917. The third kappa shape index (κ3) is 6.24. The zero-order valence-electron chi connectivity index (χ0n) is 11.2. The lowest BCUT2D eigenvalue weighted by molar-refractivity contribution is -0.139. The highest BCUT2D eigenvalue weighted by atomic mass is 19.4. The van der Waals surface area contributed by atoms with Crippen molar-refractivity contribution in [1.82, 2.24) is 10.6 Å². The second-order valence-electron chi connectivity index (χ2n) is 4.96. The molecule has 7 heteroatoms. The van der Waals surface area contributed by atoms with Gasteiger partial charge in [-0.3, -0.25) is 4.79 Å². The topological polar surface area (TPSA) is 50.4 Å². The van der Waals surface area contributed by atoms with Gasteiger partial charge in [0.2, 0.25) is 5.91 Å². The van der Waals surface area contributed by atoms with Gasteiger partial charge in [-0.15, -0.1) is 0 Å². The second-order valence-corrected chi connectivity index (χ2v) is 4.96. The summed E-state index contributed by atoms with van der Waals surface area (Å²) < 4.78 is 41.2. The molecule has 1 fully saturated rings. The van der Waals surface area contributed by atoms with Crippen molar-refractivity contribution in [3.8, 4) is 0 Å². The Balaban J connectivity index is 2.32. The van der Waals surface area contributed by atoms with E-state index in [1.807, 2.05) is 12.2 Å². The Bertz CT molecular complexity index is 291. The van der Waals surface area contributed by atoms with Crippen LogP contribution < -0.4 is 10.6 Å². The number of nitrogens with one attached hydrogen (secondary N) is 2. The van der Waals surface area contributed by atoms with Crippen molar-refractivity contribution in [3.05, 3.63) is 0 Å². The number of ether oxygens (including phenoxy) is 1. The highest BCUT2D eigenvalue weighted by Crippen LogP contribution is 2.19. The summed E-state index contributed by atoms with van der Waals surface area (Å²) in [6.07, 6.45) is -2.56. The van der Waals surface area contributed by atoms with Crippen molar-refractivity contribution >= 4 is 5.91 Å². The zero-order valence-corrected chi connectivity index (χ0v) is 11.2. The van der Waals surface area contributed by atoms with Crippen molar-refractivity contribution in [1.29, 1.82) is 0 Å². The van der Waals surface area contributed by atoms with Crippen LogP contribution in [-0.2, 0) is 9.53 Å². The van der Waals surface area contributed by atoms with E-state index >= 15 is 0 Å². The number of amides is 1. The van der Waals surface area contributed by atoms with Crippen LogP contribution in [0, 0.1) is 5.92 Å². The Labute approximate surface area is 111 Å². The molecule has 0 aromatic carbocycles. The third-order valence-corrected chi connectivity index (χ3v) is 3.34. The van der Waals surface area contributed by atoms with E-state index in [0.717, 1.165) is 12.8 Å². The van der Waals surface area contributed by atoms with E-state index in [2.05, 4.69) is 5.32 Å². The molecule has 0 bridgehead atoms. The summed E-state index contributed by atoms with van der Waals surface area (Å²) in [7, 11) is 0. The highest BCUT2D eigenvalue weighted by Gasteiger charge is 2.29. The predicted molar refractivity (Wildman–Crippen MR) is 64.7 cm³/mol. The maximum atomic E-state index is 12.0. The van der Waals surface area contributed by atoms with Crippen LogP contribution in [-0.4, -0.2) is 43.9 Å². The van der Waals surface area contributed by atoms with Crippen LogP contribution in [0.25, 0.3) is 0 Å². The molecule has 1 rings (SSSR count). The summed E-state index contributed by atoms with van der Waals surface area (Å²) in [5, 5.41) is 4.93. The first-order chi connectivity index (χ1) is 8.79. The molecule has 19 heavy (non-hydrogen) atoms. The minimum Gasteiger partial charge on any atom is -0.381 e. The van der Waals surface area contributed by atoms with Crippen molar-refractivity contribution in [2.24, 2.45) is 5.92 Å². The summed E-state index contributed by atoms with van der Waals surface area (Å²) in [5.41, 5.74) is 0. The molecule has 1 amide bonds. The molecule has 2 atom stereocenters. The molecule has 112 valence electrons. The number of carbonyl (C=O) groups excluding carboxylic acids is 1. The zero-order chi connectivity index (χ0) is 14.5. The van der Waals surface area contributed by atoms with Gasteiger partial charge >= 0.3 is 6.18 Å². The van der Waals surface area contributed by atoms with Crippen molar-refractivity contribution in [2.75, 3.05) is 19.8 Å². The van der Waals surface area contributed by atoms with E-state index in [-0.39, 0.29) is 6.04 Å². The first kappa shape index (κ1) is 16.2. The molecule has 1 aliphatic heterocycles. The van der Waals surface area contributed by atoms with Crippen LogP contribution in [0.2, 0.25) is 0 Å². The van der Waals surface area contributed by atoms with Gasteiger partial charge in [-0.2, -0.15) is 13.2 Å². The van der Waals surface area contributed by atoms with E-state index in [0.29, 0.717) is 19.1 Å². The predicted octanol–water partition coefficient (Wildman–Crippen LogP) is 1.46. The first-order valence-corrected chi connectivity index (χ1v) is 6.48. The summed E-state index contributed by atoms with van der Waals surface area (Å²) >= 11 is 0. The maximum absolute atomic E-state index is 12.0. The van der Waals surface area contributed by atoms with E-state index < -0.39 is 24.7 Å². The average Bonchev–Trinajstić information content (AvgIpc) is 2.36. The van der Waals surface area contributed by atoms with Crippen LogP contribution in [0.1, 0.15) is 26.7 Å². The molecule has 0 aromatic heterocycles. The Hall–Kier alpha value is -0.820. The highest BCUT2D eigenvalue weighted by molar-refractivity contribution is 5.81. The van der Waals surface area contributed by atoms with Gasteiger partial charge in [0, 0.05) is 19.3 Å². The van der Waals surface area contributed by atoms with Gasteiger partial charge in [0.25, 0.3) is 0 Å². The molecule has 4 nitrogen and oxygen atoms in total. The first-order valence-electron chi connectivity index (χ1n) is 6.48. The monoisotopic (exact) mass is 282 g/mol. The molecule has 0 aromatic rings. The fourth-order valence-corrected chi connectivity index (χ4v) is 2.16. The molecule has 1 saturated heterocycles. The Morgan fingerprint density at radius 2 is 1.89 bits per heavy atom. The van der Waals surface area contributed by atoms with Crippen LogP contribution in [0.4, 0.5) is 13.2 Å². The summed E-state index contributed by atoms with van der Waals surface area (Å²) in [6, 6.07) is -0.560. The molecule has 2 unspecified atom stereocenters. The lowest BCUT2D eigenvalue weighted by Crippen LogP contribution is -2.50. The van der Waals surface area contributed by atoms with Crippen LogP contribution in [0.15, 0.2) is 0 Å². The number of halogens is 3. The smallest absolute Gasteiger partial charge is 0.381 e. The van der Waals surface area contributed by atoms with E-state index in [4.69, 9.17) is 4.74 Å². The number of carbonyl (C=O) groups is 1. The second kappa shape index (κ2) is 7.09. The third-order valence-electron chi connectivity index (χ3n) is 3.34. The minimum absolute atomic E-state index is 0.0792. The van der Waals surface area contributed by atoms with Crippen LogP contribution >= 0.6 is 0 Å². The number of alkyl halides is 3. The molecule has 1 aliphatic rings. The quantitative estimate of drug-likeness (QED) is 0.802. The average molecular weight is 282 g/mol. The Kier molecular flexibility index (Phi) is 6.06. The lowest BCUT2D eigenvalue weighted by atomic mass is 9.92. The molecular formula is C12H21F3N2O2. The van der Waals surface area contributed by atoms with Gasteiger partial charge in [-0.1, -0.05) is 0 Å². The minimum atomic E-state index is -4.37. The van der Waals surface area contributed by atoms with Gasteiger partial charge < -0.3 is 15.4 Å². The molecule has 0 aliphatic carbocycles. The van der Waals surface area contributed by atoms with Crippen LogP contribution in [0.5, 0.6) is 0 Å². The van der Waals surface area contributed by atoms with E-state index in [1.165, 1.54) is 0 Å². The van der Waals surface area contributed by atoms with Crippen LogP contribution in [0.3, 0.4) is 0 Å². The summed E-state index contributed by atoms with van der Waals surface area (Å²) in [4.78, 5) is 11.5. The SMILES string of the molecule is CC(NC(C)C1CCOCC1)C(=O)NCC(F)(F)F. The molecule has 0 spiro atoms. The molecule has 0 radical (unpaired) electrons. The number of hydrogen-bond donors (Lipinski definition) is 2. The fourth-order valence-electron chi connectivity index (χ4n) is 2.16. The number of rotatable bonds is 5. The van der Waals surface area contributed by atoms with Gasteiger partial charge in [0.05, 0.1) is 6.04 Å². The summed E-state index contributed by atoms with van der Waals surface area (Å²) in [5.74, 6) is -0.233.